The van der Waals surface area contributed by atoms with E-state index in [-0.39, 0.29) is 5.91 Å². The third kappa shape index (κ3) is 3.61. The number of hydrogen-bond acceptors (Lipinski definition) is 4. The zero-order valence-corrected chi connectivity index (χ0v) is 8.95. The van der Waals surface area contributed by atoms with Crippen molar-refractivity contribution in [3.05, 3.63) is 0 Å². The van der Waals surface area contributed by atoms with Gasteiger partial charge in [0.25, 0.3) is 0 Å². The average molecular weight is 201 g/mol. The molecule has 1 N–H and O–H groups in total. The van der Waals surface area contributed by atoms with E-state index >= 15 is 0 Å². The fourth-order valence-corrected chi connectivity index (χ4v) is 1.21. The molecule has 1 aliphatic heterocycles. The van der Waals surface area contributed by atoms with Crippen molar-refractivity contribution in [1.82, 2.24) is 15.3 Å². The summed E-state index contributed by atoms with van der Waals surface area (Å²) in [7, 11) is 1.81. The molecule has 0 saturated carbocycles. The predicted molar refractivity (Wildman–Crippen MR) is 53.7 cm³/mol. The highest BCUT2D eigenvalue weighted by molar-refractivity contribution is 5.77. The first kappa shape index (κ1) is 11.4. The first-order chi connectivity index (χ1) is 6.74. The van der Waals surface area contributed by atoms with Crippen LogP contribution in [0.15, 0.2) is 0 Å². The lowest BCUT2D eigenvalue weighted by molar-refractivity contribution is -0.130. The van der Waals surface area contributed by atoms with Crippen LogP contribution in [0.4, 0.5) is 0 Å². The fraction of sp³-hybridized carbons (Fsp3) is 0.889. The van der Waals surface area contributed by atoms with Crippen molar-refractivity contribution in [2.75, 3.05) is 46.4 Å². The van der Waals surface area contributed by atoms with Crippen LogP contribution in [0, 0.1) is 0 Å². The van der Waals surface area contributed by atoms with Gasteiger partial charge in [0.2, 0.25) is 5.91 Å². The molecule has 5 heteroatoms. The maximum absolute atomic E-state index is 11.4. The van der Waals surface area contributed by atoms with E-state index in [4.69, 9.17) is 4.74 Å². The minimum Gasteiger partial charge on any atom is -0.379 e. The van der Waals surface area contributed by atoms with E-state index in [9.17, 15) is 4.79 Å². The van der Waals surface area contributed by atoms with E-state index in [1.165, 1.54) is 0 Å². The van der Waals surface area contributed by atoms with Crippen molar-refractivity contribution >= 4 is 5.91 Å². The van der Waals surface area contributed by atoms with Crippen LogP contribution in [0.25, 0.3) is 0 Å². The largest absolute Gasteiger partial charge is 0.379 e. The Morgan fingerprint density at radius 3 is 2.71 bits per heavy atom. The van der Waals surface area contributed by atoms with E-state index in [1.807, 2.05) is 19.0 Å². The Balaban J connectivity index is 2.15. The van der Waals surface area contributed by atoms with E-state index < -0.39 is 0 Å². The predicted octanol–water partition coefficient (Wildman–Crippen LogP) is -0.698. The summed E-state index contributed by atoms with van der Waals surface area (Å²) in [6.45, 7) is 6.28. The van der Waals surface area contributed by atoms with Gasteiger partial charge in [0, 0.05) is 26.7 Å². The van der Waals surface area contributed by atoms with E-state index in [0.29, 0.717) is 6.54 Å². The van der Waals surface area contributed by atoms with E-state index in [1.54, 1.807) is 4.90 Å². The standard InChI is InChI=1S/C9H19N3O2/c1-3-11(2)9(13)8-10-12-4-6-14-7-5-12/h10H,3-8H2,1-2H3. The normalized spacial score (nSPS) is 18.1. The molecule has 1 fully saturated rings. The monoisotopic (exact) mass is 201 g/mol. The summed E-state index contributed by atoms with van der Waals surface area (Å²) in [4.78, 5) is 13.1. The molecule has 1 rings (SSSR count). The maximum Gasteiger partial charge on any atom is 0.237 e. The number of hydrogen-bond donors (Lipinski definition) is 1. The number of ether oxygens (including phenoxy) is 1. The highest BCUT2D eigenvalue weighted by Crippen LogP contribution is 1.92. The number of nitrogens with one attached hydrogen (secondary N) is 1. The van der Waals surface area contributed by atoms with Crippen LogP contribution in [0.1, 0.15) is 6.92 Å². The molecule has 1 saturated heterocycles. The van der Waals surface area contributed by atoms with Gasteiger partial charge in [-0.1, -0.05) is 0 Å². The van der Waals surface area contributed by atoms with Gasteiger partial charge in [-0.2, -0.15) is 0 Å². The molecule has 0 bridgehead atoms. The molecule has 1 amide bonds. The van der Waals surface area contributed by atoms with Crippen molar-refractivity contribution in [3.8, 4) is 0 Å². The molecule has 0 aromatic rings. The van der Waals surface area contributed by atoms with Crippen molar-refractivity contribution in [2.45, 2.75) is 6.92 Å². The van der Waals surface area contributed by atoms with Gasteiger partial charge in [0.15, 0.2) is 0 Å². The van der Waals surface area contributed by atoms with Crippen LogP contribution in [0.5, 0.6) is 0 Å². The number of carbonyl (C=O) groups is 1. The number of nitrogens with zero attached hydrogens (tertiary/aromatic N) is 2. The maximum atomic E-state index is 11.4. The molecular weight excluding hydrogens is 182 g/mol. The SMILES string of the molecule is CCN(C)C(=O)CNN1CCOCC1. The average Bonchev–Trinajstić information content (AvgIpc) is 2.26. The lowest BCUT2D eigenvalue weighted by atomic mass is 10.5. The van der Waals surface area contributed by atoms with Gasteiger partial charge in [-0.25, -0.2) is 10.4 Å². The summed E-state index contributed by atoms with van der Waals surface area (Å²) in [5.41, 5.74) is 3.10. The molecule has 0 atom stereocenters. The molecule has 0 aromatic heterocycles. The zero-order chi connectivity index (χ0) is 10.4. The van der Waals surface area contributed by atoms with Crippen molar-refractivity contribution < 1.29 is 9.53 Å². The Bertz CT molecular complexity index is 181. The van der Waals surface area contributed by atoms with Crippen LogP contribution in [0.2, 0.25) is 0 Å². The zero-order valence-electron chi connectivity index (χ0n) is 8.95. The van der Waals surface area contributed by atoms with Gasteiger partial charge in [-0.15, -0.1) is 0 Å². The number of hydrazine groups is 1. The number of likely N-dealkylation sites (N-methyl/N-ethyl adjacent to an activating group) is 1. The Morgan fingerprint density at radius 2 is 2.14 bits per heavy atom. The lowest BCUT2D eigenvalue weighted by Gasteiger charge is -2.27. The molecule has 0 radical (unpaired) electrons. The minimum absolute atomic E-state index is 0.124. The van der Waals surface area contributed by atoms with E-state index in [2.05, 4.69) is 5.43 Å². The van der Waals surface area contributed by atoms with Gasteiger partial charge in [-0.3, -0.25) is 4.79 Å². The molecule has 1 aliphatic rings. The van der Waals surface area contributed by atoms with Crippen molar-refractivity contribution in [3.63, 3.8) is 0 Å². The Labute approximate surface area is 85.0 Å². The van der Waals surface area contributed by atoms with E-state index in [0.717, 1.165) is 32.8 Å². The highest BCUT2D eigenvalue weighted by Gasteiger charge is 2.12. The second-order valence-electron chi connectivity index (χ2n) is 3.34. The second kappa shape index (κ2) is 5.95. The topological polar surface area (TPSA) is 44.8 Å². The van der Waals surface area contributed by atoms with Crippen molar-refractivity contribution in [1.29, 1.82) is 0 Å². The molecule has 0 spiro atoms. The molecule has 0 aliphatic carbocycles. The second-order valence-corrected chi connectivity index (χ2v) is 3.34. The molecule has 1 heterocycles. The molecular formula is C9H19N3O2. The summed E-state index contributed by atoms with van der Waals surface area (Å²) >= 11 is 0. The molecule has 14 heavy (non-hydrogen) atoms. The first-order valence-electron chi connectivity index (χ1n) is 5.04. The fourth-order valence-electron chi connectivity index (χ4n) is 1.21. The quantitative estimate of drug-likeness (QED) is 0.653. The van der Waals surface area contributed by atoms with Gasteiger partial charge in [-0.05, 0) is 6.92 Å². The minimum atomic E-state index is 0.124. The number of amides is 1. The Hall–Kier alpha value is -0.650. The van der Waals surface area contributed by atoms with Crippen LogP contribution in [-0.4, -0.2) is 62.3 Å². The Morgan fingerprint density at radius 1 is 1.50 bits per heavy atom. The lowest BCUT2D eigenvalue weighted by Crippen LogP contribution is -2.49. The Kier molecular flexibility index (Phi) is 4.86. The number of morpholine rings is 1. The molecule has 5 nitrogen and oxygen atoms in total. The van der Waals surface area contributed by atoms with Crippen molar-refractivity contribution in [2.24, 2.45) is 0 Å². The summed E-state index contributed by atoms with van der Waals surface area (Å²) in [6.07, 6.45) is 0. The van der Waals surface area contributed by atoms with Crippen LogP contribution < -0.4 is 5.43 Å². The van der Waals surface area contributed by atoms with Crippen LogP contribution in [0.3, 0.4) is 0 Å². The van der Waals surface area contributed by atoms with Crippen LogP contribution >= 0.6 is 0 Å². The van der Waals surface area contributed by atoms with Gasteiger partial charge < -0.3 is 9.64 Å². The summed E-state index contributed by atoms with van der Waals surface area (Å²) < 4.78 is 5.20. The van der Waals surface area contributed by atoms with Crippen LogP contribution in [-0.2, 0) is 9.53 Å². The summed E-state index contributed by atoms with van der Waals surface area (Å²) in [5, 5.41) is 2.03. The van der Waals surface area contributed by atoms with Gasteiger partial charge in [0.05, 0.1) is 19.8 Å². The smallest absolute Gasteiger partial charge is 0.237 e. The molecule has 0 unspecified atom stereocenters. The number of carbonyl (C=O) groups excluding carboxylic acids is 1. The highest BCUT2D eigenvalue weighted by atomic mass is 16.5. The molecule has 82 valence electrons. The van der Waals surface area contributed by atoms with Gasteiger partial charge in [0.1, 0.15) is 0 Å². The number of rotatable bonds is 4. The third-order valence-corrected chi connectivity index (χ3v) is 2.37. The third-order valence-electron chi connectivity index (χ3n) is 2.37. The summed E-state index contributed by atoms with van der Waals surface area (Å²) in [5.74, 6) is 0.124. The van der Waals surface area contributed by atoms with Gasteiger partial charge >= 0.3 is 0 Å². The first-order valence-corrected chi connectivity index (χ1v) is 5.04. The summed E-state index contributed by atoms with van der Waals surface area (Å²) in [6, 6.07) is 0. The molecule has 0 aromatic carbocycles.